The second-order valence-corrected chi connectivity index (χ2v) is 9.56. The largest absolute Gasteiger partial charge is 0.461 e. The summed E-state index contributed by atoms with van der Waals surface area (Å²) in [6.45, 7) is 15.2. The average molecular weight is 717 g/mol. The lowest BCUT2D eigenvalue weighted by Crippen LogP contribution is -2.20. The molecule has 0 aliphatic rings. The first-order valence-corrected chi connectivity index (χ1v) is 16.2. The smallest absolute Gasteiger partial charge is 0.417 e. The number of carbonyl (C=O) groups excluding carboxylic acids is 7. The Labute approximate surface area is 291 Å². The van der Waals surface area contributed by atoms with E-state index < -0.39 is 29.7 Å². The van der Waals surface area contributed by atoms with Crippen LogP contribution in [0.4, 0.5) is 0 Å². The minimum Gasteiger partial charge on any atom is -0.461 e. The van der Waals surface area contributed by atoms with Crippen LogP contribution in [-0.2, 0) is 74.6 Å². The summed E-state index contributed by atoms with van der Waals surface area (Å²) in [7, 11) is 3.42. The molecular formula is C32H49ClN4O12. The van der Waals surface area contributed by atoms with Crippen molar-refractivity contribution < 1.29 is 57.2 Å². The number of hydrogen-bond donors (Lipinski definition) is 0. The van der Waals surface area contributed by atoms with Gasteiger partial charge in [-0.2, -0.15) is 10.2 Å². The highest BCUT2D eigenvalue weighted by Crippen LogP contribution is 2.21. The first kappa shape index (κ1) is 46.5. The van der Waals surface area contributed by atoms with Crippen LogP contribution >= 0.6 is 11.6 Å². The van der Waals surface area contributed by atoms with Crippen molar-refractivity contribution >= 4 is 53.0 Å². The van der Waals surface area contributed by atoms with Gasteiger partial charge in [0.15, 0.2) is 5.69 Å². The number of nitrogens with zero attached hydrogens (tertiary/aromatic N) is 4. The number of halogens is 1. The van der Waals surface area contributed by atoms with Crippen LogP contribution in [0.1, 0.15) is 101 Å². The number of ether oxygens (including phenoxy) is 5. The van der Waals surface area contributed by atoms with Gasteiger partial charge in [-0.05, 0) is 53.5 Å². The monoisotopic (exact) mass is 716 g/mol. The Bertz CT molecular complexity index is 1370. The van der Waals surface area contributed by atoms with Gasteiger partial charge in [-0.15, -0.1) is 0 Å². The Morgan fingerprint density at radius 1 is 0.633 bits per heavy atom. The first-order valence-electron chi connectivity index (χ1n) is 15.8. The van der Waals surface area contributed by atoms with Crippen molar-refractivity contribution in [3.8, 4) is 0 Å². The number of aromatic nitrogens is 4. The van der Waals surface area contributed by atoms with Crippen molar-refractivity contribution in [1.82, 2.24) is 19.6 Å². The number of carbonyl (C=O) groups is 7. The Kier molecular flexibility index (Phi) is 25.0. The zero-order valence-electron chi connectivity index (χ0n) is 30.0. The molecule has 0 radical (unpaired) electrons. The zero-order chi connectivity index (χ0) is 38.1. The third kappa shape index (κ3) is 17.9. The maximum Gasteiger partial charge on any atom is 0.417 e. The SMILES string of the molecule is CCOC(=O)C(=O)CC(=O)CC.CCOC(=O)C(=O)OCC.CCOC(=O)c1c(Cl)c(CC)nn1C.CCOC(=O)c1cc(CC)nn1C. The van der Waals surface area contributed by atoms with Crippen LogP contribution in [0.25, 0.3) is 0 Å². The van der Waals surface area contributed by atoms with E-state index in [2.05, 4.69) is 24.4 Å². The summed E-state index contributed by atoms with van der Waals surface area (Å²) in [5.74, 6) is -4.51. The van der Waals surface area contributed by atoms with Crippen molar-refractivity contribution in [3.63, 3.8) is 0 Å². The molecule has 0 atom stereocenters. The summed E-state index contributed by atoms with van der Waals surface area (Å²) in [5.41, 5.74) is 2.46. The van der Waals surface area contributed by atoms with Crippen molar-refractivity contribution in [2.45, 2.75) is 81.1 Å². The Morgan fingerprint density at radius 2 is 1.10 bits per heavy atom. The van der Waals surface area contributed by atoms with Gasteiger partial charge >= 0.3 is 29.8 Å². The Hall–Kier alpha value is -4.60. The number of ketones is 2. The molecule has 2 aromatic heterocycles. The van der Waals surface area contributed by atoms with Crippen LogP contribution in [0.3, 0.4) is 0 Å². The molecule has 0 aliphatic carbocycles. The van der Waals surface area contributed by atoms with Crippen molar-refractivity contribution in [2.24, 2.45) is 14.1 Å². The second kappa shape index (κ2) is 26.4. The van der Waals surface area contributed by atoms with E-state index >= 15 is 0 Å². The van der Waals surface area contributed by atoms with Crippen LogP contribution in [0.5, 0.6) is 0 Å². The van der Waals surface area contributed by atoms with E-state index in [0.717, 1.165) is 17.8 Å². The molecule has 17 heteroatoms. The zero-order valence-corrected chi connectivity index (χ0v) is 30.8. The number of hydrogen-bond acceptors (Lipinski definition) is 14. The van der Waals surface area contributed by atoms with E-state index in [1.807, 2.05) is 13.8 Å². The lowest BCUT2D eigenvalue weighted by Gasteiger charge is -2.01. The fourth-order valence-electron chi connectivity index (χ4n) is 3.26. The molecule has 0 N–H and O–H groups in total. The van der Waals surface area contributed by atoms with Gasteiger partial charge in [0.05, 0.1) is 55.9 Å². The number of rotatable bonds is 13. The molecule has 0 unspecified atom stereocenters. The van der Waals surface area contributed by atoms with Gasteiger partial charge in [-0.3, -0.25) is 19.0 Å². The summed E-state index contributed by atoms with van der Waals surface area (Å²) in [6.07, 6.45) is 1.46. The summed E-state index contributed by atoms with van der Waals surface area (Å²) in [4.78, 5) is 75.8. The molecule has 0 fully saturated rings. The molecule has 49 heavy (non-hydrogen) atoms. The number of esters is 5. The highest BCUT2D eigenvalue weighted by atomic mass is 35.5. The Morgan fingerprint density at radius 3 is 1.49 bits per heavy atom. The topological polar surface area (TPSA) is 201 Å². The maximum atomic E-state index is 11.4. The first-order chi connectivity index (χ1) is 23.1. The lowest BCUT2D eigenvalue weighted by molar-refractivity contribution is -0.167. The van der Waals surface area contributed by atoms with E-state index in [1.54, 1.807) is 66.4 Å². The molecule has 0 amide bonds. The van der Waals surface area contributed by atoms with E-state index in [1.165, 1.54) is 4.68 Å². The minimum atomic E-state index is -0.927. The summed E-state index contributed by atoms with van der Waals surface area (Å²) in [5, 5.41) is 8.66. The van der Waals surface area contributed by atoms with Gasteiger partial charge < -0.3 is 23.7 Å². The summed E-state index contributed by atoms with van der Waals surface area (Å²) < 4.78 is 25.8. The van der Waals surface area contributed by atoms with E-state index in [0.29, 0.717) is 36.0 Å². The molecule has 16 nitrogen and oxygen atoms in total. The lowest BCUT2D eigenvalue weighted by atomic mass is 10.2. The molecular weight excluding hydrogens is 668 g/mol. The Balaban J connectivity index is 0. The normalized spacial score (nSPS) is 9.61. The van der Waals surface area contributed by atoms with Crippen LogP contribution in [0, 0.1) is 0 Å². The van der Waals surface area contributed by atoms with Crippen LogP contribution in [0.15, 0.2) is 6.07 Å². The van der Waals surface area contributed by atoms with Crippen LogP contribution in [0.2, 0.25) is 5.02 Å². The van der Waals surface area contributed by atoms with Gasteiger partial charge in [0, 0.05) is 20.5 Å². The predicted octanol–water partition coefficient (Wildman–Crippen LogP) is 3.57. The third-order valence-corrected chi connectivity index (χ3v) is 6.01. The van der Waals surface area contributed by atoms with Crippen molar-refractivity contribution in [2.75, 3.05) is 33.0 Å². The standard InChI is InChI=1S/C9H13ClN2O2.C9H14N2O2.C8H12O4.C6H10O4/c1-4-6-7(10)8(12(3)11-6)9(13)14-5-2;1-4-7-6-8(11(3)10-7)9(12)13-5-2;1-3-6(9)5-7(10)8(11)12-4-2;1-3-9-5(7)6(8)10-4-2/h4-5H2,1-3H3;6H,4-5H2,1-3H3;3-5H2,1-2H3;3-4H2,1-2H3. The molecule has 2 heterocycles. The van der Waals surface area contributed by atoms with Gasteiger partial charge in [-0.1, -0.05) is 32.4 Å². The third-order valence-electron chi connectivity index (χ3n) is 5.61. The van der Waals surface area contributed by atoms with E-state index in [4.69, 9.17) is 21.1 Å². The van der Waals surface area contributed by atoms with Gasteiger partial charge in [0.2, 0.25) is 5.78 Å². The predicted molar refractivity (Wildman–Crippen MR) is 177 cm³/mol. The fourth-order valence-corrected chi connectivity index (χ4v) is 3.64. The maximum absolute atomic E-state index is 11.4. The molecule has 0 saturated heterocycles. The van der Waals surface area contributed by atoms with Crippen LogP contribution in [-0.4, -0.2) is 94.0 Å². The molecule has 0 saturated carbocycles. The number of aryl methyl sites for hydroxylation is 4. The molecule has 2 rings (SSSR count). The van der Waals surface area contributed by atoms with Gasteiger partial charge in [0.25, 0.3) is 0 Å². The summed E-state index contributed by atoms with van der Waals surface area (Å²) in [6, 6.07) is 1.76. The molecule has 0 bridgehead atoms. The number of Topliss-reactive ketones (excluding diaryl/α,β-unsaturated/α-hetero) is 2. The van der Waals surface area contributed by atoms with Crippen molar-refractivity contribution in [1.29, 1.82) is 0 Å². The molecule has 0 spiro atoms. The average Bonchev–Trinajstić information content (AvgIpc) is 3.59. The van der Waals surface area contributed by atoms with Crippen molar-refractivity contribution in [3.05, 3.63) is 33.9 Å². The van der Waals surface area contributed by atoms with Gasteiger partial charge in [0.1, 0.15) is 11.5 Å². The fraction of sp³-hybridized carbons (Fsp3) is 0.594. The van der Waals surface area contributed by atoms with Crippen LogP contribution < -0.4 is 0 Å². The molecule has 0 aliphatic heterocycles. The van der Waals surface area contributed by atoms with E-state index in [9.17, 15) is 33.6 Å². The molecule has 0 aromatic carbocycles. The summed E-state index contributed by atoms with van der Waals surface area (Å²) >= 11 is 5.98. The highest BCUT2D eigenvalue weighted by Gasteiger charge is 2.21. The van der Waals surface area contributed by atoms with Gasteiger partial charge in [-0.25, -0.2) is 24.0 Å². The minimum absolute atomic E-state index is 0.158. The highest BCUT2D eigenvalue weighted by molar-refractivity contribution is 6.37. The second-order valence-electron chi connectivity index (χ2n) is 9.18. The molecule has 276 valence electrons. The van der Waals surface area contributed by atoms with E-state index in [-0.39, 0.29) is 44.4 Å². The molecule has 2 aromatic rings. The quantitative estimate of drug-likeness (QED) is 0.126.